The Labute approximate surface area is 142 Å². The van der Waals surface area contributed by atoms with Crippen LogP contribution in [0.1, 0.15) is 29.5 Å². The molecule has 1 N–H and O–H groups in total. The Morgan fingerprint density at radius 1 is 1.08 bits per heavy atom. The van der Waals surface area contributed by atoms with Crippen LogP contribution >= 0.6 is 0 Å². The number of aromatic nitrogens is 1. The van der Waals surface area contributed by atoms with Gasteiger partial charge in [-0.2, -0.15) is 0 Å². The van der Waals surface area contributed by atoms with Gasteiger partial charge in [-0.15, -0.1) is 0 Å². The summed E-state index contributed by atoms with van der Waals surface area (Å²) in [6.07, 6.45) is 8.14. The van der Waals surface area contributed by atoms with Gasteiger partial charge in [0.2, 0.25) is 5.91 Å². The molecule has 4 heteroatoms. The number of carbonyl (C=O) groups excluding carboxylic acids is 1. The zero-order valence-electron chi connectivity index (χ0n) is 13.8. The van der Waals surface area contributed by atoms with Gasteiger partial charge in [-0.05, 0) is 48.4 Å². The average Bonchev–Trinajstić information content (AvgIpc) is 3.36. The topological polar surface area (TPSA) is 45.2 Å². The smallest absolute Gasteiger partial charge is 0.234 e. The molecule has 0 aliphatic heterocycles. The van der Waals surface area contributed by atoms with Crippen molar-refractivity contribution in [1.29, 1.82) is 0 Å². The number of pyridine rings is 1. The molecule has 2 aromatic rings. The van der Waals surface area contributed by atoms with Crippen molar-refractivity contribution in [3.05, 3.63) is 65.5 Å². The van der Waals surface area contributed by atoms with Crippen LogP contribution in [-0.4, -0.2) is 34.4 Å². The van der Waals surface area contributed by atoms with E-state index in [2.05, 4.69) is 39.5 Å². The highest BCUT2D eigenvalue weighted by molar-refractivity contribution is 5.78. The number of hydrogen-bond donors (Lipinski definition) is 1. The molecule has 1 amide bonds. The third-order valence-electron chi connectivity index (χ3n) is 5.05. The first-order valence-corrected chi connectivity index (χ1v) is 8.78. The first kappa shape index (κ1) is 15.3. The summed E-state index contributed by atoms with van der Waals surface area (Å²) < 4.78 is 0. The van der Waals surface area contributed by atoms with Gasteiger partial charge in [0.15, 0.2) is 0 Å². The van der Waals surface area contributed by atoms with Gasteiger partial charge in [-0.3, -0.25) is 14.7 Å². The number of rotatable bonds is 6. The lowest BCUT2D eigenvalue weighted by Crippen LogP contribution is -2.44. The molecule has 0 saturated heterocycles. The van der Waals surface area contributed by atoms with Crippen LogP contribution in [0.3, 0.4) is 0 Å². The first-order valence-electron chi connectivity index (χ1n) is 8.78. The van der Waals surface area contributed by atoms with E-state index >= 15 is 0 Å². The summed E-state index contributed by atoms with van der Waals surface area (Å²) in [5.41, 5.74) is 3.94. The molecule has 0 unspecified atom stereocenters. The molecule has 4 nitrogen and oxygen atoms in total. The summed E-state index contributed by atoms with van der Waals surface area (Å²) in [4.78, 5) is 18.9. The molecule has 124 valence electrons. The normalized spacial score (nSPS) is 17.0. The molecule has 1 heterocycles. The minimum Gasteiger partial charge on any atom is -0.351 e. The van der Waals surface area contributed by atoms with Crippen LogP contribution < -0.4 is 5.32 Å². The van der Waals surface area contributed by atoms with Crippen LogP contribution in [0.2, 0.25) is 0 Å². The average molecular weight is 321 g/mol. The van der Waals surface area contributed by atoms with Gasteiger partial charge in [-0.25, -0.2) is 0 Å². The Hall–Kier alpha value is -2.20. The highest BCUT2D eigenvalue weighted by Gasteiger charge is 2.37. The van der Waals surface area contributed by atoms with Crippen molar-refractivity contribution in [3.63, 3.8) is 0 Å². The van der Waals surface area contributed by atoms with Crippen LogP contribution in [0.25, 0.3) is 0 Å². The maximum Gasteiger partial charge on any atom is 0.234 e. The Morgan fingerprint density at radius 3 is 2.46 bits per heavy atom. The lowest BCUT2D eigenvalue weighted by atomic mass is 10.1. The third-order valence-corrected chi connectivity index (χ3v) is 5.05. The Kier molecular flexibility index (Phi) is 4.30. The first-order chi connectivity index (χ1) is 11.8. The summed E-state index contributed by atoms with van der Waals surface area (Å²) in [5.74, 6) is 0.113. The van der Waals surface area contributed by atoms with Crippen molar-refractivity contribution in [2.75, 3.05) is 6.54 Å². The van der Waals surface area contributed by atoms with E-state index in [1.165, 1.54) is 24.0 Å². The van der Waals surface area contributed by atoms with Gasteiger partial charge in [0.05, 0.1) is 6.54 Å². The number of fused-ring (bicyclic) bond motifs is 1. The van der Waals surface area contributed by atoms with E-state index in [0.29, 0.717) is 25.2 Å². The molecule has 0 bridgehead atoms. The number of amides is 1. The molecule has 24 heavy (non-hydrogen) atoms. The predicted molar refractivity (Wildman–Crippen MR) is 93.4 cm³/mol. The van der Waals surface area contributed by atoms with Crippen LogP contribution in [0.15, 0.2) is 48.8 Å². The van der Waals surface area contributed by atoms with E-state index in [1.807, 2.05) is 12.1 Å². The summed E-state index contributed by atoms with van der Waals surface area (Å²) >= 11 is 0. The highest BCUT2D eigenvalue weighted by Crippen LogP contribution is 2.33. The van der Waals surface area contributed by atoms with E-state index in [4.69, 9.17) is 0 Å². The number of nitrogens with zero attached hydrogens (tertiary/aromatic N) is 2. The van der Waals surface area contributed by atoms with E-state index < -0.39 is 0 Å². The number of hydrogen-bond acceptors (Lipinski definition) is 3. The Balaban J connectivity index is 1.35. The van der Waals surface area contributed by atoms with E-state index in [0.717, 1.165) is 18.4 Å². The van der Waals surface area contributed by atoms with Crippen molar-refractivity contribution in [1.82, 2.24) is 15.2 Å². The molecule has 1 saturated carbocycles. The Morgan fingerprint density at radius 2 is 1.83 bits per heavy atom. The van der Waals surface area contributed by atoms with Gasteiger partial charge < -0.3 is 5.32 Å². The van der Waals surface area contributed by atoms with E-state index in [9.17, 15) is 4.79 Å². The largest absolute Gasteiger partial charge is 0.351 e. The van der Waals surface area contributed by atoms with Crippen LogP contribution in [0.5, 0.6) is 0 Å². The molecule has 2 aliphatic rings. The fourth-order valence-electron chi connectivity index (χ4n) is 3.66. The fraction of sp³-hybridized carbons (Fsp3) is 0.400. The molecule has 1 aromatic heterocycles. The summed E-state index contributed by atoms with van der Waals surface area (Å²) in [7, 11) is 0. The van der Waals surface area contributed by atoms with Crippen molar-refractivity contribution in [3.8, 4) is 0 Å². The quantitative estimate of drug-likeness (QED) is 0.888. The molecular formula is C20H23N3O. The SMILES string of the molecule is O=C(CN(C1CC1)C1Cc2ccccc2C1)NCc1cccnc1. The number of benzene rings is 1. The van der Waals surface area contributed by atoms with Crippen molar-refractivity contribution in [2.45, 2.75) is 44.3 Å². The summed E-state index contributed by atoms with van der Waals surface area (Å²) in [6, 6.07) is 13.6. The third kappa shape index (κ3) is 3.49. The molecule has 2 aliphatic carbocycles. The highest BCUT2D eigenvalue weighted by atomic mass is 16.2. The number of carbonyl (C=O) groups is 1. The van der Waals surface area contributed by atoms with E-state index in [1.54, 1.807) is 12.4 Å². The lowest BCUT2D eigenvalue weighted by molar-refractivity contribution is -0.123. The molecule has 1 aromatic carbocycles. The van der Waals surface area contributed by atoms with E-state index in [-0.39, 0.29) is 5.91 Å². The summed E-state index contributed by atoms with van der Waals surface area (Å²) in [6.45, 7) is 1.06. The van der Waals surface area contributed by atoms with Gasteiger partial charge in [0, 0.05) is 31.0 Å². The lowest BCUT2D eigenvalue weighted by Gasteiger charge is -2.28. The second-order valence-electron chi connectivity index (χ2n) is 6.87. The minimum atomic E-state index is 0.113. The second-order valence-corrected chi connectivity index (χ2v) is 6.87. The number of nitrogens with one attached hydrogen (secondary N) is 1. The second kappa shape index (κ2) is 6.73. The van der Waals surface area contributed by atoms with Gasteiger partial charge in [0.25, 0.3) is 0 Å². The zero-order chi connectivity index (χ0) is 16.4. The molecular weight excluding hydrogens is 298 g/mol. The van der Waals surface area contributed by atoms with Gasteiger partial charge >= 0.3 is 0 Å². The summed E-state index contributed by atoms with van der Waals surface area (Å²) in [5, 5.41) is 3.04. The van der Waals surface area contributed by atoms with Crippen molar-refractivity contribution < 1.29 is 4.79 Å². The predicted octanol–water partition coefficient (Wildman–Crippen LogP) is 2.33. The maximum atomic E-state index is 12.4. The molecule has 0 atom stereocenters. The van der Waals surface area contributed by atoms with Crippen molar-refractivity contribution in [2.24, 2.45) is 0 Å². The van der Waals surface area contributed by atoms with Crippen molar-refractivity contribution >= 4 is 5.91 Å². The molecule has 1 fully saturated rings. The molecule has 0 spiro atoms. The Bertz CT molecular complexity index is 687. The molecule has 4 rings (SSSR count). The van der Waals surface area contributed by atoms with Gasteiger partial charge in [0.1, 0.15) is 0 Å². The van der Waals surface area contributed by atoms with Crippen LogP contribution in [0.4, 0.5) is 0 Å². The fourth-order valence-corrected chi connectivity index (χ4v) is 3.66. The zero-order valence-corrected chi connectivity index (χ0v) is 13.8. The van der Waals surface area contributed by atoms with Gasteiger partial charge in [-0.1, -0.05) is 30.3 Å². The van der Waals surface area contributed by atoms with Crippen LogP contribution in [0, 0.1) is 0 Å². The maximum absolute atomic E-state index is 12.4. The minimum absolute atomic E-state index is 0.113. The standard InChI is InChI=1S/C20H23N3O/c24-20(22-13-15-4-3-9-21-12-15)14-23(18-7-8-18)19-10-16-5-1-2-6-17(16)11-19/h1-6,9,12,18-19H,7-8,10-11,13-14H2,(H,22,24). The monoisotopic (exact) mass is 321 g/mol. The van der Waals surface area contributed by atoms with Crippen LogP contribution in [-0.2, 0) is 24.2 Å². The molecule has 0 radical (unpaired) electrons.